The maximum atomic E-state index is 6.27. The van der Waals surface area contributed by atoms with Crippen LogP contribution in [0.5, 0.6) is 0 Å². The third-order valence-corrected chi connectivity index (χ3v) is 5.04. The van der Waals surface area contributed by atoms with Crippen molar-refractivity contribution in [1.82, 2.24) is 34.2 Å². The van der Waals surface area contributed by atoms with Crippen LogP contribution in [0, 0.1) is 0 Å². The molecule has 6 rings (SSSR count). The Morgan fingerprint density at radius 1 is 1.08 bits per heavy atom. The molecule has 1 aromatic carbocycles. The standard InChI is InChI=1S/C16H13ClN8/c17-22-8-14-23(9-22)13-4-2-1-3-11(13)15-19-20-16(25(14)15)24-7-12(18-21-24)10-5-6-10/h1-4,7-8,10H,5-6,9H2. The number of aromatic nitrogens is 6. The fraction of sp³-hybridized carbons (Fsp3) is 0.250. The monoisotopic (exact) mass is 352 g/mol. The van der Waals surface area contributed by atoms with Gasteiger partial charge in [-0.1, -0.05) is 17.3 Å². The molecule has 1 fully saturated rings. The number of para-hydroxylation sites is 1. The van der Waals surface area contributed by atoms with Gasteiger partial charge < -0.3 is 4.90 Å². The van der Waals surface area contributed by atoms with Crippen molar-refractivity contribution in [3.05, 3.63) is 42.4 Å². The molecule has 0 atom stereocenters. The van der Waals surface area contributed by atoms with Gasteiger partial charge in [0.15, 0.2) is 5.82 Å². The van der Waals surface area contributed by atoms with Gasteiger partial charge in [-0.25, -0.2) is 4.57 Å². The van der Waals surface area contributed by atoms with Crippen molar-refractivity contribution >= 4 is 23.3 Å². The molecule has 9 heteroatoms. The van der Waals surface area contributed by atoms with E-state index >= 15 is 0 Å². The summed E-state index contributed by atoms with van der Waals surface area (Å²) in [5.74, 6) is 2.85. The minimum absolute atomic E-state index is 0.541. The second kappa shape index (κ2) is 4.60. The summed E-state index contributed by atoms with van der Waals surface area (Å²) in [4.78, 5) is 2.14. The Balaban J connectivity index is 1.58. The summed E-state index contributed by atoms with van der Waals surface area (Å²) in [5, 5.41) is 17.4. The van der Waals surface area contributed by atoms with Gasteiger partial charge in [-0.3, -0.25) is 4.42 Å². The Labute approximate surface area is 148 Å². The largest absolute Gasteiger partial charge is 0.306 e. The van der Waals surface area contributed by atoms with E-state index in [-0.39, 0.29) is 0 Å². The van der Waals surface area contributed by atoms with Crippen molar-refractivity contribution < 1.29 is 0 Å². The average molecular weight is 353 g/mol. The first-order chi connectivity index (χ1) is 12.3. The van der Waals surface area contributed by atoms with Gasteiger partial charge in [-0.2, -0.15) is 4.68 Å². The second-order valence-electron chi connectivity index (χ2n) is 6.49. The quantitative estimate of drug-likeness (QED) is 0.660. The van der Waals surface area contributed by atoms with Crippen molar-refractivity contribution in [2.75, 3.05) is 11.6 Å². The molecule has 1 aliphatic carbocycles. The zero-order valence-corrected chi connectivity index (χ0v) is 13.9. The number of hydrogen-bond acceptors (Lipinski definition) is 6. The number of nitrogens with zero attached hydrogens (tertiary/aromatic N) is 8. The minimum Gasteiger partial charge on any atom is -0.306 e. The molecule has 4 heterocycles. The highest BCUT2D eigenvalue weighted by Gasteiger charge is 2.35. The first-order valence-electron chi connectivity index (χ1n) is 8.19. The van der Waals surface area contributed by atoms with Gasteiger partial charge in [0.25, 0.3) is 5.95 Å². The number of fused-ring (bicyclic) bond motifs is 6. The summed E-state index contributed by atoms with van der Waals surface area (Å²) in [6, 6.07) is 8.13. The SMILES string of the molecule is ClN1C=C2N(C1)c1ccccc1-c1nnc(-n3cc(C4CC4)nn3)n12. The smallest absolute Gasteiger partial charge is 0.259 e. The van der Waals surface area contributed by atoms with E-state index in [1.807, 2.05) is 35.2 Å². The van der Waals surface area contributed by atoms with Crippen LogP contribution in [0.25, 0.3) is 23.2 Å². The van der Waals surface area contributed by atoms with E-state index in [1.165, 1.54) is 12.8 Å². The number of rotatable bonds is 2. The van der Waals surface area contributed by atoms with Crippen molar-refractivity contribution in [3.63, 3.8) is 0 Å². The third kappa shape index (κ3) is 1.82. The zero-order chi connectivity index (χ0) is 16.5. The van der Waals surface area contributed by atoms with Crippen LogP contribution < -0.4 is 4.90 Å². The molecule has 124 valence electrons. The summed E-state index contributed by atoms with van der Waals surface area (Å²) >= 11 is 6.27. The molecule has 0 N–H and O–H groups in total. The molecule has 2 aliphatic heterocycles. The maximum absolute atomic E-state index is 6.27. The molecule has 0 unspecified atom stereocenters. The molecule has 25 heavy (non-hydrogen) atoms. The summed E-state index contributed by atoms with van der Waals surface area (Å²) in [5.41, 5.74) is 3.11. The van der Waals surface area contributed by atoms with E-state index < -0.39 is 0 Å². The van der Waals surface area contributed by atoms with Gasteiger partial charge in [-0.05, 0) is 25.0 Å². The first kappa shape index (κ1) is 13.4. The molecule has 3 aromatic rings. The molecule has 2 aromatic heterocycles. The molecular formula is C16H13ClN8. The highest BCUT2D eigenvalue weighted by Crippen LogP contribution is 2.43. The third-order valence-electron chi connectivity index (χ3n) is 4.83. The summed E-state index contributed by atoms with van der Waals surface area (Å²) < 4.78 is 5.31. The summed E-state index contributed by atoms with van der Waals surface area (Å²) in [7, 11) is 0. The molecule has 8 nitrogen and oxygen atoms in total. The summed E-state index contributed by atoms with van der Waals surface area (Å²) in [6.45, 7) is 0.565. The van der Waals surface area contributed by atoms with Gasteiger partial charge >= 0.3 is 0 Å². The van der Waals surface area contributed by atoms with Gasteiger partial charge in [0, 0.05) is 23.3 Å². The Hall–Kier alpha value is -2.87. The van der Waals surface area contributed by atoms with Crippen molar-refractivity contribution in [1.29, 1.82) is 0 Å². The molecule has 3 aliphatic rings. The fourth-order valence-corrected chi connectivity index (χ4v) is 3.66. The van der Waals surface area contributed by atoms with E-state index in [0.29, 0.717) is 18.5 Å². The topological polar surface area (TPSA) is 67.9 Å². The van der Waals surface area contributed by atoms with E-state index in [0.717, 1.165) is 28.6 Å². The van der Waals surface area contributed by atoms with Crippen LogP contribution >= 0.6 is 11.8 Å². The number of halogens is 1. The maximum Gasteiger partial charge on any atom is 0.259 e. The first-order valence-corrected chi connectivity index (χ1v) is 8.53. The predicted molar refractivity (Wildman–Crippen MR) is 91.7 cm³/mol. The van der Waals surface area contributed by atoms with Crippen LogP contribution in [0.4, 0.5) is 5.69 Å². The molecule has 1 saturated carbocycles. The lowest BCUT2D eigenvalue weighted by Crippen LogP contribution is -2.29. The van der Waals surface area contributed by atoms with Crippen LogP contribution in [0.1, 0.15) is 24.5 Å². The number of benzene rings is 1. The molecular weight excluding hydrogens is 340 g/mol. The Morgan fingerprint density at radius 3 is 2.84 bits per heavy atom. The van der Waals surface area contributed by atoms with Crippen molar-refractivity contribution in [3.8, 4) is 17.3 Å². The molecule has 0 bridgehead atoms. The van der Waals surface area contributed by atoms with Crippen LogP contribution in [-0.4, -0.2) is 40.8 Å². The van der Waals surface area contributed by atoms with Crippen LogP contribution in [0.3, 0.4) is 0 Å². The minimum atomic E-state index is 0.541. The van der Waals surface area contributed by atoms with Gasteiger partial charge in [0.1, 0.15) is 12.5 Å². The van der Waals surface area contributed by atoms with Crippen LogP contribution in [-0.2, 0) is 0 Å². The fourth-order valence-electron chi connectivity index (χ4n) is 3.47. The Morgan fingerprint density at radius 2 is 1.96 bits per heavy atom. The number of hydrogen-bond donors (Lipinski definition) is 0. The Bertz CT molecular complexity index is 1030. The van der Waals surface area contributed by atoms with Gasteiger partial charge in [0.2, 0.25) is 0 Å². The van der Waals surface area contributed by atoms with E-state index in [2.05, 4.69) is 31.5 Å². The van der Waals surface area contributed by atoms with E-state index in [1.54, 1.807) is 9.10 Å². The molecule has 0 radical (unpaired) electrons. The summed E-state index contributed by atoms with van der Waals surface area (Å²) in [6.07, 6.45) is 6.20. The average Bonchev–Trinajstić information content (AvgIpc) is 3.05. The molecule has 0 amide bonds. The normalized spacial score (nSPS) is 18.0. The van der Waals surface area contributed by atoms with Crippen LogP contribution in [0.2, 0.25) is 0 Å². The van der Waals surface area contributed by atoms with Crippen molar-refractivity contribution in [2.24, 2.45) is 0 Å². The predicted octanol–water partition coefficient (Wildman–Crippen LogP) is 2.41. The van der Waals surface area contributed by atoms with Gasteiger partial charge in [0.05, 0.1) is 23.8 Å². The lowest BCUT2D eigenvalue weighted by molar-refractivity contribution is 0.648. The highest BCUT2D eigenvalue weighted by molar-refractivity contribution is 6.15. The van der Waals surface area contributed by atoms with Crippen LogP contribution in [0.15, 0.2) is 36.7 Å². The second-order valence-corrected chi connectivity index (χ2v) is 6.93. The van der Waals surface area contributed by atoms with Crippen molar-refractivity contribution in [2.45, 2.75) is 18.8 Å². The molecule has 0 spiro atoms. The number of anilines is 1. The van der Waals surface area contributed by atoms with Gasteiger partial charge in [-0.15, -0.1) is 15.3 Å². The van der Waals surface area contributed by atoms with E-state index in [4.69, 9.17) is 11.8 Å². The Kier molecular flexibility index (Phi) is 2.47. The highest BCUT2D eigenvalue weighted by atomic mass is 35.5. The zero-order valence-electron chi connectivity index (χ0n) is 13.1. The lowest BCUT2D eigenvalue weighted by Gasteiger charge is -2.29. The van der Waals surface area contributed by atoms with E-state index in [9.17, 15) is 0 Å². The molecule has 0 saturated heterocycles. The lowest BCUT2D eigenvalue weighted by atomic mass is 10.1.